The molecule has 1 aromatic rings. The van der Waals surface area contributed by atoms with E-state index in [0.717, 1.165) is 22.8 Å². The lowest BCUT2D eigenvalue weighted by atomic mass is 10.4. The average Bonchev–Trinajstić information content (AvgIpc) is 2.86. The van der Waals surface area contributed by atoms with E-state index >= 15 is 0 Å². The minimum Gasteiger partial charge on any atom is -0.464 e. The maximum atomic E-state index is 12.6. The smallest absolute Gasteiger partial charge is 0.358 e. The Balaban J connectivity index is 2.40. The fourth-order valence-electron chi connectivity index (χ4n) is 2.10. The Morgan fingerprint density at radius 1 is 1.52 bits per heavy atom. The second kappa shape index (κ2) is 5.63. The minimum absolute atomic E-state index is 0.135. The van der Waals surface area contributed by atoms with Crippen molar-refractivity contribution in [2.45, 2.75) is 17.2 Å². The van der Waals surface area contributed by atoms with Crippen molar-refractivity contribution in [3.63, 3.8) is 0 Å². The summed E-state index contributed by atoms with van der Waals surface area (Å²) < 4.78 is 53.7. The molecule has 0 amide bonds. The van der Waals surface area contributed by atoms with E-state index in [-0.39, 0.29) is 28.0 Å². The Hall–Kier alpha value is -1.04. The van der Waals surface area contributed by atoms with Crippen LogP contribution >= 0.6 is 11.3 Å². The second-order valence-electron chi connectivity index (χ2n) is 4.56. The topological polar surface area (TPSA) is 111 Å². The van der Waals surface area contributed by atoms with Crippen LogP contribution in [0, 0.1) is 0 Å². The molecule has 0 bridgehead atoms. The summed E-state index contributed by atoms with van der Waals surface area (Å²) in [5.74, 6) is -1.31. The Bertz CT molecular complexity index is 752. The number of hydrogen-bond acceptors (Lipinski definition) is 8. The third-order valence-corrected chi connectivity index (χ3v) is 8.22. The van der Waals surface area contributed by atoms with Gasteiger partial charge in [-0.1, -0.05) is 0 Å². The van der Waals surface area contributed by atoms with Crippen molar-refractivity contribution < 1.29 is 26.4 Å². The number of hydrogen-bond donors (Lipinski definition) is 0. The standard InChI is InChI=1S/C10H14N2O6S3/c1-7-5-20(14,15)4-3-12(7)21(16,17)10-8(9(13)18-2)11-6-19-10/h6-7H,3-5H2,1-2H3. The first-order valence-corrected chi connectivity index (χ1v) is 10.1. The summed E-state index contributed by atoms with van der Waals surface area (Å²) in [6.45, 7) is 1.39. The van der Waals surface area contributed by atoms with E-state index in [4.69, 9.17) is 0 Å². The van der Waals surface area contributed by atoms with Crippen molar-refractivity contribution in [2.75, 3.05) is 25.2 Å². The van der Waals surface area contributed by atoms with Crippen LogP contribution in [0.1, 0.15) is 17.4 Å². The van der Waals surface area contributed by atoms with Crippen LogP contribution in [0.3, 0.4) is 0 Å². The van der Waals surface area contributed by atoms with Gasteiger partial charge in [0.25, 0.3) is 10.0 Å². The Morgan fingerprint density at radius 3 is 2.76 bits per heavy atom. The molecule has 0 saturated carbocycles. The maximum absolute atomic E-state index is 12.6. The number of rotatable bonds is 3. The van der Waals surface area contributed by atoms with Gasteiger partial charge in [0.05, 0.1) is 24.1 Å². The summed E-state index contributed by atoms with van der Waals surface area (Å²) in [4.78, 5) is 15.3. The number of thiazole rings is 1. The molecule has 0 aliphatic carbocycles. The summed E-state index contributed by atoms with van der Waals surface area (Å²) >= 11 is 0.805. The molecule has 1 aliphatic heterocycles. The number of ether oxygens (including phenoxy) is 1. The lowest BCUT2D eigenvalue weighted by Gasteiger charge is -2.31. The number of esters is 1. The zero-order valence-corrected chi connectivity index (χ0v) is 13.8. The summed E-state index contributed by atoms with van der Waals surface area (Å²) in [5, 5.41) is 0. The van der Waals surface area contributed by atoms with Crippen molar-refractivity contribution in [1.29, 1.82) is 0 Å². The van der Waals surface area contributed by atoms with Crippen LogP contribution in [0.25, 0.3) is 0 Å². The molecule has 1 fully saturated rings. The number of aromatic nitrogens is 1. The fraction of sp³-hybridized carbons (Fsp3) is 0.600. The predicted octanol–water partition coefficient (Wildman–Crippen LogP) is -0.263. The van der Waals surface area contributed by atoms with Crippen molar-refractivity contribution >= 4 is 37.2 Å². The maximum Gasteiger partial charge on any atom is 0.358 e. The van der Waals surface area contributed by atoms with Crippen LogP contribution in [-0.4, -0.2) is 63.3 Å². The Morgan fingerprint density at radius 2 is 2.19 bits per heavy atom. The van der Waals surface area contributed by atoms with E-state index in [2.05, 4.69) is 9.72 Å². The zero-order valence-electron chi connectivity index (χ0n) is 11.3. The van der Waals surface area contributed by atoms with Crippen LogP contribution < -0.4 is 0 Å². The molecule has 2 rings (SSSR count). The molecule has 118 valence electrons. The molecule has 1 atom stereocenters. The number of carbonyl (C=O) groups excluding carboxylic acids is 1. The molecular formula is C10H14N2O6S3. The van der Waals surface area contributed by atoms with Gasteiger partial charge in [0.2, 0.25) is 0 Å². The SMILES string of the molecule is COC(=O)c1ncsc1S(=O)(=O)N1CCS(=O)(=O)CC1C. The van der Waals surface area contributed by atoms with Gasteiger partial charge in [-0.2, -0.15) is 4.31 Å². The van der Waals surface area contributed by atoms with Crippen molar-refractivity contribution in [1.82, 2.24) is 9.29 Å². The van der Waals surface area contributed by atoms with Crippen LogP contribution in [-0.2, 0) is 24.6 Å². The first-order valence-electron chi connectivity index (χ1n) is 5.93. The normalized spacial score (nSPS) is 22.9. The van der Waals surface area contributed by atoms with E-state index in [1.54, 1.807) is 0 Å². The van der Waals surface area contributed by atoms with Crippen LogP contribution in [0.15, 0.2) is 9.72 Å². The van der Waals surface area contributed by atoms with Gasteiger partial charge >= 0.3 is 5.97 Å². The van der Waals surface area contributed by atoms with Gasteiger partial charge in [-0.25, -0.2) is 26.6 Å². The third kappa shape index (κ3) is 3.10. The van der Waals surface area contributed by atoms with E-state index in [1.807, 2.05) is 0 Å². The molecule has 11 heteroatoms. The van der Waals surface area contributed by atoms with E-state index < -0.39 is 31.9 Å². The highest BCUT2D eigenvalue weighted by Crippen LogP contribution is 2.28. The largest absolute Gasteiger partial charge is 0.464 e. The van der Waals surface area contributed by atoms with Gasteiger partial charge in [-0.05, 0) is 6.92 Å². The number of sulfonamides is 1. The first-order chi connectivity index (χ1) is 9.69. The van der Waals surface area contributed by atoms with Crippen molar-refractivity contribution in [3.05, 3.63) is 11.2 Å². The molecule has 1 aromatic heterocycles. The minimum atomic E-state index is -3.98. The second-order valence-corrected chi connectivity index (χ2v) is 9.73. The number of methoxy groups -OCH3 is 1. The molecule has 0 N–H and O–H groups in total. The van der Waals surface area contributed by atoms with Gasteiger partial charge in [0, 0.05) is 12.6 Å². The Labute approximate surface area is 126 Å². The third-order valence-electron chi connectivity index (χ3n) is 3.07. The molecule has 0 radical (unpaired) electrons. The van der Waals surface area contributed by atoms with Crippen LogP contribution in [0.2, 0.25) is 0 Å². The highest BCUT2D eigenvalue weighted by Gasteiger charge is 2.39. The molecular weight excluding hydrogens is 340 g/mol. The molecule has 1 unspecified atom stereocenters. The molecule has 2 heterocycles. The monoisotopic (exact) mass is 354 g/mol. The number of nitrogens with zero attached hydrogens (tertiary/aromatic N) is 2. The fourth-order valence-corrected chi connectivity index (χ4v) is 6.74. The molecule has 1 aliphatic rings. The highest BCUT2D eigenvalue weighted by molar-refractivity contribution is 7.92. The van der Waals surface area contributed by atoms with Crippen LogP contribution in [0.4, 0.5) is 0 Å². The number of sulfone groups is 1. The summed E-state index contributed by atoms with van der Waals surface area (Å²) in [5.41, 5.74) is 0.966. The lowest BCUT2D eigenvalue weighted by Crippen LogP contribution is -2.49. The highest BCUT2D eigenvalue weighted by atomic mass is 32.2. The summed E-state index contributed by atoms with van der Waals surface area (Å²) in [6.07, 6.45) is 0. The lowest BCUT2D eigenvalue weighted by molar-refractivity contribution is 0.0590. The van der Waals surface area contributed by atoms with Crippen molar-refractivity contribution in [3.8, 4) is 0 Å². The predicted molar refractivity (Wildman–Crippen MR) is 75.5 cm³/mol. The molecule has 8 nitrogen and oxygen atoms in total. The molecule has 0 aromatic carbocycles. The average molecular weight is 354 g/mol. The van der Waals surface area contributed by atoms with E-state index in [0.29, 0.717) is 0 Å². The van der Waals surface area contributed by atoms with Gasteiger partial charge in [0.15, 0.2) is 19.7 Å². The van der Waals surface area contributed by atoms with E-state index in [1.165, 1.54) is 12.4 Å². The van der Waals surface area contributed by atoms with Crippen molar-refractivity contribution in [2.24, 2.45) is 0 Å². The quantitative estimate of drug-likeness (QED) is 0.687. The molecule has 21 heavy (non-hydrogen) atoms. The van der Waals surface area contributed by atoms with Gasteiger partial charge < -0.3 is 4.74 Å². The van der Waals surface area contributed by atoms with Gasteiger partial charge in [0.1, 0.15) is 0 Å². The summed E-state index contributed by atoms with van der Waals surface area (Å²) in [7, 11) is -6.08. The van der Waals surface area contributed by atoms with Gasteiger partial charge in [-0.15, -0.1) is 11.3 Å². The van der Waals surface area contributed by atoms with Crippen LogP contribution in [0.5, 0.6) is 0 Å². The zero-order chi connectivity index (χ0) is 15.8. The van der Waals surface area contributed by atoms with E-state index in [9.17, 15) is 21.6 Å². The summed E-state index contributed by atoms with van der Waals surface area (Å²) in [6, 6.07) is -0.693. The molecule has 0 spiro atoms. The van der Waals surface area contributed by atoms with Gasteiger partial charge in [-0.3, -0.25) is 0 Å². The Kier molecular flexibility index (Phi) is 4.38. The number of carbonyl (C=O) groups is 1. The first kappa shape index (κ1) is 16.3. The molecule has 1 saturated heterocycles.